The normalized spacial score (nSPS) is 10.3. The molecular formula is C14H9BrF2N2O4. The number of ether oxygens (including phenoxy) is 1. The van der Waals surface area contributed by atoms with E-state index < -0.39 is 28.2 Å². The molecule has 0 spiro atoms. The highest BCUT2D eigenvalue weighted by atomic mass is 79.9. The molecule has 2 aromatic carbocycles. The summed E-state index contributed by atoms with van der Waals surface area (Å²) in [6.07, 6.45) is 0. The van der Waals surface area contributed by atoms with Crippen LogP contribution in [0.1, 0.15) is 6.92 Å². The lowest BCUT2D eigenvalue weighted by Gasteiger charge is -2.11. The molecule has 6 nitrogen and oxygen atoms in total. The zero-order valence-electron chi connectivity index (χ0n) is 11.6. The van der Waals surface area contributed by atoms with Crippen molar-refractivity contribution in [3.05, 3.63) is 56.6 Å². The average Bonchev–Trinajstić information content (AvgIpc) is 2.43. The zero-order chi connectivity index (χ0) is 17.1. The van der Waals surface area contributed by atoms with Gasteiger partial charge in [-0.05, 0) is 34.1 Å². The molecule has 1 N–H and O–H groups in total. The van der Waals surface area contributed by atoms with Crippen LogP contribution in [-0.4, -0.2) is 10.8 Å². The van der Waals surface area contributed by atoms with E-state index in [-0.39, 0.29) is 21.7 Å². The molecule has 0 radical (unpaired) electrons. The molecule has 0 saturated carbocycles. The van der Waals surface area contributed by atoms with Crippen molar-refractivity contribution in [2.45, 2.75) is 6.92 Å². The Labute approximate surface area is 137 Å². The fourth-order valence-corrected chi connectivity index (χ4v) is 2.16. The topological polar surface area (TPSA) is 81.5 Å². The quantitative estimate of drug-likeness (QED) is 0.624. The number of amides is 1. The Morgan fingerprint density at radius 1 is 1.26 bits per heavy atom. The first kappa shape index (κ1) is 16.8. The smallest absolute Gasteiger partial charge is 0.296 e. The van der Waals surface area contributed by atoms with Crippen LogP contribution in [0.4, 0.5) is 20.2 Å². The number of nitro benzene ring substituents is 1. The number of carbonyl (C=O) groups is 1. The summed E-state index contributed by atoms with van der Waals surface area (Å²) in [6.45, 7) is 1.20. The van der Waals surface area contributed by atoms with E-state index >= 15 is 0 Å². The van der Waals surface area contributed by atoms with E-state index in [0.717, 1.165) is 18.2 Å². The number of halogens is 3. The van der Waals surface area contributed by atoms with Gasteiger partial charge in [0.15, 0.2) is 11.6 Å². The minimum atomic E-state index is -0.953. The van der Waals surface area contributed by atoms with E-state index in [1.54, 1.807) is 0 Å². The lowest BCUT2D eigenvalue weighted by atomic mass is 10.2. The van der Waals surface area contributed by atoms with E-state index in [9.17, 15) is 23.7 Å². The maximum absolute atomic E-state index is 13.6. The molecule has 0 saturated heterocycles. The third-order valence-corrected chi connectivity index (χ3v) is 3.29. The van der Waals surface area contributed by atoms with Crippen molar-refractivity contribution in [2.24, 2.45) is 0 Å². The molecule has 0 bridgehead atoms. The van der Waals surface area contributed by atoms with Gasteiger partial charge in [0.1, 0.15) is 17.3 Å². The SMILES string of the molecule is CC(=O)Nc1cc(Br)c(Oc2ccc(F)cc2F)cc1[N+](=O)[O-]. The summed E-state index contributed by atoms with van der Waals surface area (Å²) in [5, 5.41) is 13.4. The summed E-state index contributed by atoms with van der Waals surface area (Å²) in [4.78, 5) is 21.5. The standard InChI is InChI=1S/C14H9BrF2N2O4/c1-7(20)18-11-5-9(15)14(6-12(11)19(21)22)23-13-3-2-8(16)4-10(13)17/h2-6H,1H3,(H,18,20). The molecule has 9 heteroatoms. The van der Waals surface area contributed by atoms with Crippen LogP contribution in [0.3, 0.4) is 0 Å². The predicted octanol–water partition coefficient (Wildman–Crippen LogP) is 4.39. The van der Waals surface area contributed by atoms with Gasteiger partial charge in [0.05, 0.1) is 15.5 Å². The Hall–Kier alpha value is -2.55. The van der Waals surface area contributed by atoms with Crippen LogP contribution < -0.4 is 10.1 Å². The van der Waals surface area contributed by atoms with E-state index in [2.05, 4.69) is 21.2 Å². The zero-order valence-corrected chi connectivity index (χ0v) is 13.2. The Bertz CT molecular complexity index is 799. The van der Waals surface area contributed by atoms with Crippen molar-refractivity contribution >= 4 is 33.2 Å². The highest BCUT2D eigenvalue weighted by molar-refractivity contribution is 9.10. The van der Waals surface area contributed by atoms with E-state index in [1.807, 2.05) is 0 Å². The third-order valence-electron chi connectivity index (χ3n) is 2.67. The van der Waals surface area contributed by atoms with Gasteiger partial charge in [-0.25, -0.2) is 8.78 Å². The van der Waals surface area contributed by atoms with E-state index in [4.69, 9.17) is 4.74 Å². The number of nitrogens with zero attached hydrogens (tertiary/aromatic N) is 1. The molecule has 0 aliphatic heterocycles. The minimum absolute atomic E-state index is 0.0405. The van der Waals surface area contributed by atoms with Gasteiger partial charge in [0.2, 0.25) is 5.91 Å². The Morgan fingerprint density at radius 3 is 2.52 bits per heavy atom. The molecule has 0 fully saturated rings. The van der Waals surface area contributed by atoms with Gasteiger partial charge < -0.3 is 10.1 Å². The summed E-state index contributed by atoms with van der Waals surface area (Å²) in [5.74, 6) is -2.57. The first-order valence-corrected chi connectivity index (χ1v) is 6.95. The van der Waals surface area contributed by atoms with Crippen LogP contribution in [0.15, 0.2) is 34.8 Å². The number of carbonyl (C=O) groups excluding carboxylic acids is 1. The largest absolute Gasteiger partial charge is 0.453 e. The van der Waals surface area contributed by atoms with Crippen LogP contribution in [0.5, 0.6) is 11.5 Å². The molecule has 23 heavy (non-hydrogen) atoms. The van der Waals surface area contributed by atoms with Crippen molar-refractivity contribution in [2.75, 3.05) is 5.32 Å². The lowest BCUT2D eigenvalue weighted by Crippen LogP contribution is -2.08. The predicted molar refractivity (Wildman–Crippen MR) is 81.5 cm³/mol. The molecular weight excluding hydrogens is 378 g/mol. The summed E-state index contributed by atoms with van der Waals surface area (Å²) in [7, 11) is 0. The number of nitro groups is 1. The van der Waals surface area contributed by atoms with Crippen molar-refractivity contribution in [3.63, 3.8) is 0 Å². The second-order valence-corrected chi connectivity index (χ2v) is 5.27. The average molecular weight is 387 g/mol. The van der Waals surface area contributed by atoms with E-state index in [0.29, 0.717) is 6.07 Å². The van der Waals surface area contributed by atoms with Crippen LogP contribution in [0.2, 0.25) is 0 Å². The molecule has 2 aromatic rings. The van der Waals surface area contributed by atoms with Gasteiger partial charge in [-0.1, -0.05) is 0 Å². The highest BCUT2D eigenvalue weighted by Crippen LogP contribution is 2.38. The Kier molecular flexibility index (Phi) is 4.89. The number of nitrogens with one attached hydrogen (secondary N) is 1. The summed E-state index contributed by atoms with van der Waals surface area (Å²) >= 11 is 3.12. The molecule has 0 aliphatic rings. The summed E-state index contributed by atoms with van der Waals surface area (Å²) in [6, 6.07) is 4.97. The fourth-order valence-electron chi connectivity index (χ4n) is 1.74. The summed E-state index contributed by atoms with van der Waals surface area (Å²) in [5.41, 5.74) is -0.470. The highest BCUT2D eigenvalue weighted by Gasteiger charge is 2.20. The number of hydrogen-bond acceptors (Lipinski definition) is 4. The molecule has 120 valence electrons. The minimum Gasteiger partial charge on any atom is -0.453 e. The number of hydrogen-bond donors (Lipinski definition) is 1. The van der Waals surface area contributed by atoms with Crippen LogP contribution in [-0.2, 0) is 4.79 Å². The van der Waals surface area contributed by atoms with Gasteiger partial charge >= 0.3 is 0 Å². The maximum Gasteiger partial charge on any atom is 0.296 e. The van der Waals surface area contributed by atoms with Gasteiger partial charge in [-0.2, -0.15) is 0 Å². The maximum atomic E-state index is 13.6. The fraction of sp³-hybridized carbons (Fsp3) is 0.0714. The molecule has 0 aliphatic carbocycles. The molecule has 1 amide bonds. The molecule has 0 heterocycles. The summed E-state index contributed by atoms with van der Waals surface area (Å²) < 4.78 is 32.0. The van der Waals surface area contributed by atoms with Crippen molar-refractivity contribution in [1.29, 1.82) is 0 Å². The monoisotopic (exact) mass is 386 g/mol. The first-order valence-electron chi connectivity index (χ1n) is 6.16. The molecule has 2 rings (SSSR count). The van der Waals surface area contributed by atoms with Gasteiger partial charge in [0.25, 0.3) is 5.69 Å². The van der Waals surface area contributed by atoms with Crippen molar-refractivity contribution in [1.82, 2.24) is 0 Å². The van der Waals surface area contributed by atoms with E-state index in [1.165, 1.54) is 13.0 Å². The second kappa shape index (κ2) is 6.69. The molecule has 0 aromatic heterocycles. The Morgan fingerprint density at radius 2 is 1.96 bits per heavy atom. The van der Waals surface area contributed by atoms with Gasteiger partial charge in [-0.15, -0.1) is 0 Å². The van der Waals surface area contributed by atoms with Gasteiger partial charge in [-0.3, -0.25) is 14.9 Å². The second-order valence-electron chi connectivity index (χ2n) is 4.41. The van der Waals surface area contributed by atoms with Crippen LogP contribution in [0.25, 0.3) is 0 Å². The third kappa shape index (κ3) is 4.01. The van der Waals surface area contributed by atoms with Crippen LogP contribution in [0, 0.1) is 21.7 Å². The number of anilines is 1. The Balaban J connectivity index is 2.44. The number of rotatable bonds is 4. The first-order chi connectivity index (χ1) is 10.8. The van der Waals surface area contributed by atoms with Crippen molar-refractivity contribution < 1.29 is 23.2 Å². The molecule has 0 atom stereocenters. The number of benzene rings is 2. The molecule has 0 unspecified atom stereocenters. The van der Waals surface area contributed by atoms with Gasteiger partial charge in [0, 0.05) is 13.0 Å². The van der Waals surface area contributed by atoms with Crippen molar-refractivity contribution in [3.8, 4) is 11.5 Å². The lowest BCUT2D eigenvalue weighted by molar-refractivity contribution is -0.384. The van der Waals surface area contributed by atoms with Crippen LogP contribution >= 0.6 is 15.9 Å².